The fraction of sp³-hybridized carbons (Fsp3) is 0.579. The molecular formula is C19H25NO4. The Balaban J connectivity index is 1.65. The maximum Gasteiger partial charge on any atom is 0.308 e. The highest BCUT2D eigenvalue weighted by atomic mass is 16.5. The third-order valence-electron chi connectivity index (χ3n) is 5.41. The van der Waals surface area contributed by atoms with Gasteiger partial charge in [-0.1, -0.05) is 25.1 Å². The molecule has 1 amide bonds. The number of hydrogen-bond donors (Lipinski definition) is 1. The van der Waals surface area contributed by atoms with Gasteiger partial charge in [0.2, 0.25) is 5.91 Å². The van der Waals surface area contributed by atoms with E-state index in [0.717, 1.165) is 24.2 Å². The van der Waals surface area contributed by atoms with E-state index in [1.807, 2.05) is 31.2 Å². The summed E-state index contributed by atoms with van der Waals surface area (Å²) >= 11 is 0. The Morgan fingerprint density at radius 3 is 2.62 bits per heavy atom. The number of aliphatic carboxylic acids is 1. The third-order valence-corrected chi connectivity index (χ3v) is 5.41. The van der Waals surface area contributed by atoms with E-state index in [4.69, 9.17) is 4.74 Å². The standard InChI is InChI=1S/C19H25NO4/c1-12(14-5-3-4-6-17(14)24-2)9-18(21)20-10-15(13-7-8-13)16(11-20)19(22)23/h3-6,12-13,15-16H,7-11H2,1-2H3,(H,22,23)/t12?,15-,16+/m1/s1. The highest BCUT2D eigenvalue weighted by Gasteiger charge is 2.46. The smallest absolute Gasteiger partial charge is 0.308 e. The molecule has 2 aliphatic rings. The molecule has 1 aromatic rings. The summed E-state index contributed by atoms with van der Waals surface area (Å²) in [6, 6.07) is 7.73. The van der Waals surface area contributed by atoms with E-state index in [2.05, 4.69) is 0 Å². The van der Waals surface area contributed by atoms with Crippen LogP contribution in [0.2, 0.25) is 0 Å². The normalized spacial score (nSPS) is 24.7. The number of amides is 1. The number of carbonyl (C=O) groups is 2. The van der Waals surface area contributed by atoms with E-state index >= 15 is 0 Å². The third kappa shape index (κ3) is 3.40. The highest BCUT2D eigenvalue weighted by Crippen LogP contribution is 2.44. The van der Waals surface area contributed by atoms with Crippen LogP contribution in [0.3, 0.4) is 0 Å². The number of ether oxygens (including phenoxy) is 1. The molecule has 1 unspecified atom stereocenters. The average Bonchev–Trinajstić information content (AvgIpc) is 3.32. The largest absolute Gasteiger partial charge is 0.496 e. The molecule has 0 spiro atoms. The lowest BCUT2D eigenvalue weighted by Crippen LogP contribution is -2.30. The second kappa shape index (κ2) is 6.83. The number of methoxy groups -OCH3 is 1. The molecule has 24 heavy (non-hydrogen) atoms. The van der Waals surface area contributed by atoms with Gasteiger partial charge in [0.15, 0.2) is 0 Å². The second-order valence-electron chi connectivity index (χ2n) is 7.09. The zero-order valence-corrected chi connectivity index (χ0v) is 14.3. The van der Waals surface area contributed by atoms with Crippen molar-refractivity contribution in [1.82, 2.24) is 4.90 Å². The maximum atomic E-state index is 12.7. The molecule has 5 heteroatoms. The molecule has 1 aromatic carbocycles. The number of benzene rings is 1. The molecule has 130 valence electrons. The molecule has 5 nitrogen and oxygen atoms in total. The topological polar surface area (TPSA) is 66.8 Å². The fourth-order valence-corrected chi connectivity index (χ4v) is 3.87. The van der Waals surface area contributed by atoms with E-state index in [9.17, 15) is 14.7 Å². The second-order valence-corrected chi connectivity index (χ2v) is 7.09. The van der Waals surface area contributed by atoms with Crippen molar-refractivity contribution in [2.24, 2.45) is 17.8 Å². The van der Waals surface area contributed by atoms with Gasteiger partial charge in [-0.05, 0) is 42.2 Å². The van der Waals surface area contributed by atoms with Crippen molar-refractivity contribution in [3.63, 3.8) is 0 Å². The van der Waals surface area contributed by atoms with Crippen molar-refractivity contribution in [3.05, 3.63) is 29.8 Å². The van der Waals surface area contributed by atoms with Crippen molar-refractivity contribution in [3.8, 4) is 5.75 Å². The van der Waals surface area contributed by atoms with Gasteiger partial charge < -0.3 is 14.7 Å². The number of para-hydroxylation sites is 1. The molecule has 1 aliphatic carbocycles. The van der Waals surface area contributed by atoms with Crippen LogP contribution >= 0.6 is 0 Å². The number of hydrogen-bond acceptors (Lipinski definition) is 3. The summed E-state index contributed by atoms with van der Waals surface area (Å²) < 4.78 is 5.38. The van der Waals surface area contributed by atoms with Crippen LogP contribution in [-0.2, 0) is 9.59 Å². The van der Waals surface area contributed by atoms with E-state index in [-0.39, 0.29) is 17.7 Å². The molecule has 1 saturated carbocycles. The summed E-state index contributed by atoms with van der Waals surface area (Å²) in [6.07, 6.45) is 2.59. The molecule has 0 radical (unpaired) electrons. The summed E-state index contributed by atoms with van der Waals surface area (Å²) in [5.41, 5.74) is 1.01. The first-order valence-corrected chi connectivity index (χ1v) is 8.64. The van der Waals surface area contributed by atoms with Gasteiger partial charge in [-0.15, -0.1) is 0 Å². The summed E-state index contributed by atoms with van der Waals surface area (Å²) in [7, 11) is 1.63. The summed E-state index contributed by atoms with van der Waals surface area (Å²) in [5.74, 6) is 0.338. The molecule has 0 aromatic heterocycles. The molecule has 0 bridgehead atoms. The number of nitrogens with zero attached hydrogens (tertiary/aromatic N) is 1. The Morgan fingerprint density at radius 2 is 2.00 bits per heavy atom. The van der Waals surface area contributed by atoms with Crippen LogP contribution in [0, 0.1) is 17.8 Å². The van der Waals surface area contributed by atoms with Crippen LogP contribution in [0.15, 0.2) is 24.3 Å². The van der Waals surface area contributed by atoms with E-state index in [0.29, 0.717) is 25.4 Å². The van der Waals surface area contributed by atoms with Gasteiger partial charge in [0.05, 0.1) is 13.0 Å². The average molecular weight is 331 g/mol. The van der Waals surface area contributed by atoms with Crippen molar-refractivity contribution in [2.75, 3.05) is 20.2 Å². The highest BCUT2D eigenvalue weighted by molar-refractivity contribution is 5.80. The Kier molecular flexibility index (Phi) is 4.78. The van der Waals surface area contributed by atoms with Gasteiger partial charge in [-0.2, -0.15) is 0 Å². The van der Waals surface area contributed by atoms with Gasteiger partial charge in [0, 0.05) is 19.5 Å². The molecule has 1 aliphatic heterocycles. The first kappa shape index (κ1) is 16.8. The van der Waals surface area contributed by atoms with Crippen LogP contribution in [0.4, 0.5) is 0 Å². The van der Waals surface area contributed by atoms with Crippen molar-refractivity contribution in [2.45, 2.75) is 32.1 Å². The van der Waals surface area contributed by atoms with E-state index < -0.39 is 11.9 Å². The van der Waals surface area contributed by atoms with Gasteiger partial charge in [-0.25, -0.2) is 0 Å². The van der Waals surface area contributed by atoms with Gasteiger partial charge >= 0.3 is 5.97 Å². The molecule has 3 atom stereocenters. The molecule has 1 saturated heterocycles. The lowest BCUT2D eigenvalue weighted by molar-refractivity contribution is -0.142. The van der Waals surface area contributed by atoms with Gasteiger partial charge in [0.25, 0.3) is 0 Å². The molecule has 3 rings (SSSR count). The van der Waals surface area contributed by atoms with Gasteiger partial charge in [0.1, 0.15) is 5.75 Å². The number of carboxylic acid groups (broad SMARTS) is 1. The fourth-order valence-electron chi connectivity index (χ4n) is 3.87. The van der Waals surface area contributed by atoms with Crippen LogP contribution in [0.5, 0.6) is 5.75 Å². The van der Waals surface area contributed by atoms with Crippen molar-refractivity contribution < 1.29 is 19.4 Å². The predicted octanol–water partition coefficient (Wildman–Crippen LogP) is 2.76. The summed E-state index contributed by atoms with van der Waals surface area (Å²) in [4.78, 5) is 25.9. The van der Waals surface area contributed by atoms with E-state index in [1.165, 1.54) is 0 Å². The number of carbonyl (C=O) groups excluding carboxylic acids is 1. The van der Waals surface area contributed by atoms with Crippen molar-refractivity contribution in [1.29, 1.82) is 0 Å². The van der Waals surface area contributed by atoms with Crippen LogP contribution in [0.25, 0.3) is 0 Å². The molecule has 1 heterocycles. The lowest BCUT2D eigenvalue weighted by Gasteiger charge is -2.20. The Morgan fingerprint density at radius 1 is 1.29 bits per heavy atom. The Labute approximate surface area is 142 Å². The molecular weight excluding hydrogens is 306 g/mol. The van der Waals surface area contributed by atoms with Crippen molar-refractivity contribution >= 4 is 11.9 Å². The number of likely N-dealkylation sites (tertiary alicyclic amines) is 1. The minimum Gasteiger partial charge on any atom is -0.496 e. The number of carboxylic acids is 1. The minimum atomic E-state index is -0.764. The Bertz CT molecular complexity index is 626. The zero-order valence-electron chi connectivity index (χ0n) is 14.3. The first-order valence-electron chi connectivity index (χ1n) is 8.64. The van der Waals surface area contributed by atoms with Crippen LogP contribution in [0.1, 0.15) is 37.7 Å². The monoisotopic (exact) mass is 331 g/mol. The molecule has 1 N–H and O–H groups in total. The Hall–Kier alpha value is -2.04. The summed E-state index contributed by atoms with van der Waals surface area (Å²) in [6.45, 7) is 2.96. The van der Waals surface area contributed by atoms with Crippen LogP contribution in [-0.4, -0.2) is 42.1 Å². The SMILES string of the molecule is COc1ccccc1C(C)CC(=O)N1C[C@H](C(=O)O)[C@@H](C2CC2)C1. The predicted molar refractivity (Wildman–Crippen MR) is 89.9 cm³/mol. The van der Waals surface area contributed by atoms with Crippen LogP contribution < -0.4 is 4.74 Å². The first-order chi connectivity index (χ1) is 11.5. The number of rotatable bonds is 6. The maximum absolute atomic E-state index is 12.7. The zero-order chi connectivity index (χ0) is 17.3. The minimum absolute atomic E-state index is 0.0388. The lowest BCUT2D eigenvalue weighted by atomic mass is 9.92. The molecule has 2 fully saturated rings. The van der Waals surface area contributed by atoms with E-state index in [1.54, 1.807) is 12.0 Å². The van der Waals surface area contributed by atoms with Gasteiger partial charge in [-0.3, -0.25) is 9.59 Å². The quantitative estimate of drug-likeness (QED) is 0.870. The summed E-state index contributed by atoms with van der Waals surface area (Å²) in [5, 5.41) is 9.43.